The van der Waals surface area contributed by atoms with Crippen molar-refractivity contribution in [3.05, 3.63) is 22.9 Å². The Labute approximate surface area is 92.5 Å². The van der Waals surface area contributed by atoms with E-state index in [1.54, 1.807) is 13.0 Å². The van der Waals surface area contributed by atoms with Crippen LogP contribution in [0, 0.1) is 5.92 Å². The van der Waals surface area contributed by atoms with Crippen LogP contribution in [0.5, 0.6) is 0 Å². The van der Waals surface area contributed by atoms with E-state index in [2.05, 4.69) is 4.74 Å². The van der Waals surface area contributed by atoms with Crippen LogP contribution in [0.4, 0.5) is 0 Å². The van der Waals surface area contributed by atoms with Crippen molar-refractivity contribution >= 4 is 23.5 Å². The first-order chi connectivity index (χ1) is 7.02. The molecule has 4 nitrogen and oxygen atoms in total. The summed E-state index contributed by atoms with van der Waals surface area (Å²) in [5.41, 5.74) is 0.417. The lowest BCUT2D eigenvalue weighted by Gasteiger charge is -2.01. The van der Waals surface area contributed by atoms with Gasteiger partial charge < -0.3 is 9.47 Å². The van der Waals surface area contributed by atoms with E-state index in [-0.39, 0.29) is 12.5 Å². The van der Waals surface area contributed by atoms with E-state index in [9.17, 15) is 9.59 Å². The Balaban J connectivity index is 2.71. The zero-order chi connectivity index (χ0) is 11.4. The molecule has 0 aromatic carbocycles. The fraction of sp³-hybridized carbons (Fsp3) is 0.400. The molecule has 0 saturated carbocycles. The molecular weight excluding hydrogens is 220 g/mol. The third kappa shape index (κ3) is 3.09. The third-order valence-electron chi connectivity index (χ3n) is 1.90. The van der Waals surface area contributed by atoms with Gasteiger partial charge in [0.05, 0.1) is 11.8 Å². The predicted octanol–water partition coefficient (Wildman–Crippen LogP) is 1.75. The highest BCUT2D eigenvalue weighted by atomic mass is 35.5. The van der Waals surface area contributed by atoms with E-state index in [4.69, 9.17) is 16.3 Å². The third-order valence-corrected chi connectivity index (χ3v) is 2.10. The maximum absolute atomic E-state index is 11.2. The Morgan fingerprint density at radius 2 is 2.27 bits per heavy atom. The van der Waals surface area contributed by atoms with E-state index < -0.39 is 11.9 Å². The van der Waals surface area contributed by atoms with Gasteiger partial charge in [-0.15, -0.1) is 0 Å². The van der Waals surface area contributed by atoms with Gasteiger partial charge in [0.2, 0.25) is 0 Å². The fourth-order valence-corrected chi connectivity index (χ4v) is 1.47. The van der Waals surface area contributed by atoms with Crippen molar-refractivity contribution in [1.82, 2.24) is 0 Å². The van der Waals surface area contributed by atoms with E-state index in [0.29, 0.717) is 10.6 Å². The van der Waals surface area contributed by atoms with Crippen molar-refractivity contribution in [1.29, 1.82) is 0 Å². The summed E-state index contributed by atoms with van der Waals surface area (Å²) >= 11 is 5.75. The van der Waals surface area contributed by atoms with Gasteiger partial charge in [-0.05, 0) is 13.0 Å². The molecule has 0 aromatic rings. The Morgan fingerprint density at radius 3 is 2.80 bits per heavy atom. The van der Waals surface area contributed by atoms with Gasteiger partial charge in [0.15, 0.2) is 0 Å². The van der Waals surface area contributed by atoms with Gasteiger partial charge in [0.1, 0.15) is 6.61 Å². The Hall–Kier alpha value is -1.29. The minimum absolute atomic E-state index is 0.232. The molecule has 0 bridgehead atoms. The van der Waals surface area contributed by atoms with Gasteiger partial charge >= 0.3 is 11.9 Å². The summed E-state index contributed by atoms with van der Waals surface area (Å²) in [4.78, 5) is 21.7. The van der Waals surface area contributed by atoms with Crippen molar-refractivity contribution in [2.75, 3.05) is 6.61 Å². The molecule has 1 heterocycles. The number of ether oxygens (including phenoxy) is 2. The first-order valence-corrected chi connectivity index (χ1v) is 4.77. The number of rotatable bonds is 2. The number of halogens is 1. The molecule has 1 rings (SSSR count). The van der Waals surface area contributed by atoms with Crippen molar-refractivity contribution in [2.24, 2.45) is 5.92 Å². The Bertz CT molecular complexity index is 339. The second-order valence-corrected chi connectivity index (χ2v) is 3.66. The number of hydrogen-bond donors (Lipinski definition) is 0. The molecule has 15 heavy (non-hydrogen) atoms. The Kier molecular flexibility index (Phi) is 3.91. The number of carbonyl (C=O) groups excluding carboxylic acids is 2. The van der Waals surface area contributed by atoms with E-state index in [1.807, 2.05) is 0 Å². The smallest absolute Gasteiger partial charge is 0.335 e. The highest BCUT2D eigenvalue weighted by molar-refractivity contribution is 6.31. The number of allylic oxidation sites excluding steroid dienone is 1. The van der Waals surface area contributed by atoms with Crippen molar-refractivity contribution in [3.8, 4) is 0 Å². The standard InChI is InChI=1S/C10H11ClO4/c1-6(11)9-8(5-15-10(9)13)3-4-14-7(2)12/h3-4,8H,5H2,1-2H3/b4-3+,9-6-. The largest absolute Gasteiger partial charge is 0.461 e. The van der Waals surface area contributed by atoms with Crippen molar-refractivity contribution in [3.63, 3.8) is 0 Å². The molecule has 82 valence electrons. The molecule has 0 amide bonds. The SMILES string of the molecule is CC(=O)O/C=C/C1COC(=O)/C1=C(/C)Cl. The average molecular weight is 231 g/mol. The highest BCUT2D eigenvalue weighted by Crippen LogP contribution is 2.27. The molecule has 1 saturated heterocycles. The number of cyclic esters (lactones) is 1. The molecule has 1 fully saturated rings. The zero-order valence-electron chi connectivity index (χ0n) is 8.45. The monoisotopic (exact) mass is 230 g/mol. The van der Waals surface area contributed by atoms with Crippen LogP contribution in [0.3, 0.4) is 0 Å². The summed E-state index contributed by atoms with van der Waals surface area (Å²) in [6.45, 7) is 3.15. The summed E-state index contributed by atoms with van der Waals surface area (Å²) in [5.74, 6) is -1.07. The number of carbonyl (C=O) groups is 2. The number of esters is 2. The van der Waals surface area contributed by atoms with Crippen LogP contribution in [-0.4, -0.2) is 18.5 Å². The van der Waals surface area contributed by atoms with Crippen LogP contribution in [-0.2, 0) is 19.1 Å². The lowest BCUT2D eigenvalue weighted by molar-refractivity contribution is -0.136. The van der Waals surface area contributed by atoms with Crippen molar-refractivity contribution < 1.29 is 19.1 Å². The first-order valence-electron chi connectivity index (χ1n) is 4.39. The van der Waals surface area contributed by atoms with Crippen LogP contribution < -0.4 is 0 Å². The Morgan fingerprint density at radius 1 is 1.60 bits per heavy atom. The molecule has 0 radical (unpaired) electrons. The molecule has 5 heteroatoms. The quantitative estimate of drug-likeness (QED) is 0.412. The summed E-state index contributed by atoms with van der Waals surface area (Å²) in [7, 11) is 0. The van der Waals surface area contributed by atoms with Crippen LogP contribution in [0.15, 0.2) is 22.9 Å². The van der Waals surface area contributed by atoms with E-state index >= 15 is 0 Å². The summed E-state index contributed by atoms with van der Waals surface area (Å²) in [6.07, 6.45) is 2.82. The molecule has 0 aromatic heterocycles. The second kappa shape index (κ2) is 4.98. The minimum atomic E-state index is -0.417. The van der Waals surface area contributed by atoms with Gasteiger partial charge in [-0.2, -0.15) is 0 Å². The molecule has 1 aliphatic heterocycles. The van der Waals surface area contributed by atoms with E-state index in [0.717, 1.165) is 0 Å². The number of hydrogen-bond acceptors (Lipinski definition) is 4. The van der Waals surface area contributed by atoms with E-state index in [1.165, 1.54) is 13.2 Å². The lowest BCUT2D eigenvalue weighted by atomic mass is 10.0. The normalized spacial score (nSPS) is 24.2. The molecule has 0 aliphatic carbocycles. The minimum Gasteiger partial charge on any atom is -0.461 e. The molecular formula is C10H11ClO4. The maximum Gasteiger partial charge on any atom is 0.335 e. The van der Waals surface area contributed by atoms with Crippen LogP contribution in [0.1, 0.15) is 13.8 Å². The maximum atomic E-state index is 11.2. The highest BCUT2D eigenvalue weighted by Gasteiger charge is 2.30. The lowest BCUT2D eigenvalue weighted by Crippen LogP contribution is -2.02. The van der Waals surface area contributed by atoms with Gasteiger partial charge in [-0.25, -0.2) is 4.79 Å². The second-order valence-electron chi connectivity index (χ2n) is 3.09. The van der Waals surface area contributed by atoms with Crippen molar-refractivity contribution in [2.45, 2.75) is 13.8 Å². The molecule has 1 atom stereocenters. The van der Waals surface area contributed by atoms with Gasteiger partial charge in [-0.3, -0.25) is 4.79 Å². The summed E-state index contributed by atoms with van der Waals surface area (Å²) in [6, 6.07) is 0. The zero-order valence-corrected chi connectivity index (χ0v) is 9.21. The van der Waals surface area contributed by atoms with Crippen LogP contribution >= 0.6 is 11.6 Å². The molecule has 1 aliphatic rings. The fourth-order valence-electron chi connectivity index (χ4n) is 1.26. The molecule has 1 unspecified atom stereocenters. The van der Waals surface area contributed by atoms with Gasteiger partial charge in [0.25, 0.3) is 0 Å². The molecule has 0 spiro atoms. The topological polar surface area (TPSA) is 52.6 Å². The predicted molar refractivity (Wildman–Crippen MR) is 53.9 cm³/mol. The average Bonchev–Trinajstić information content (AvgIpc) is 2.46. The van der Waals surface area contributed by atoms with Crippen LogP contribution in [0.25, 0.3) is 0 Å². The van der Waals surface area contributed by atoms with Gasteiger partial charge in [-0.1, -0.05) is 11.6 Å². The molecule has 0 N–H and O–H groups in total. The van der Waals surface area contributed by atoms with Crippen LogP contribution in [0.2, 0.25) is 0 Å². The first kappa shape index (κ1) is 11.8. The summed E-state index contributed by atoms with van der Waals surface area (Å²) < 4.78 is 9.44. The summed E-state index contributed by atoms with van der Waals surface area (Å²) in [5, 5.41) is 0.398. The van der Waals surface area contributed by atoms with Gasteiger partial charge in [0, 0.05) is 17.9 Å².